The van der Waals surface area contributed by atoms with Crippen LogP contribution in [0.3, 0.4) is 0 Å². The molecule has 0 radical (unpaired) electrons. The zero-order valence-electron chi connectivity index (χ0n) is 12.1. The second-order valence-electron chi connectivity index (χ2n) is 5.89. The van der Waals surface area contributed by atoms with E-state index in [1.165, 1.54) is 32.2 Å². The number of rotatable bonds is 4. The van der Waals surface area contributed by atoms with Crippen LogP contribution in [0.1, 0.15) is 31.2 Å². The average Bonchev–Trinajstić information content (AvgIpc) is 3.09. The Hall–Kier alpha value is -1.26. The normalized spacial score (nSPS) is 27.1. The second kappa shape index (κ2) is 6.02. The quantitative estimate of drug-likeness (QED) is 0.884. The molecule has 2 aliphatic rings. The molecule has 20 heavy (non-hydrogen) atoms. The van der Waals surface area contributed by atoms with Crippen LogP contribution in [0.4, 0.5) is 0 Å². The van der Waals surface area contributed by atoms with Gasteiger partial charge in [-0.1, -0.05) is 6.07 Å². The molecule has 0 aliphatic carbocycles. The van der Waals surface area contributed by atoms with Crippen LogP contribution < -0.4 is 10.1 Å². The fraction of sp³-hybridized carbons (Fsp3) is 0.625. The largest absolute Gasteiger partial charge is 0.504 e. The summed E-state index contributed by atoms with van der Waals surface area (Å²) in [6.45, 7) is 3.24. The maximum absolute atomic E-state index is 9.89. The zero-order chi connectivity index (χ0) is 13.9. The standard InChI is InChI=1S/C16H24N2O2/c1-20-16-7-6-12(10-15(16)19)11-18-9-3-5-14(18)13-4-2-8-17-13/h6-7,10,13-14,17,19H,2-5,8-9,11H2,1H3. The van der Waals surface area contributed by atoms with Gasteiger partial charge in [0.15, 0.2) is 11.5 Å². The van der Waals surface area contributed by atoms with E-state index in [0.717, 1.165) is 18.7 Å². The van der Waals surface area contributed by atoms with Crippen LogP contribution >= 0.6 is 0 Å². The SMILES string of the molecule is COc1ccc(CN2CCCC2C2CCCN2)cc1O. The van der Waals surface area contributed by atoms with E-state index in [1.807, 2.05) is 12.1 Å². The van der Waals surface area contributed by atoms with Crippen molar-refractivity contribution in [3.8, 4) is 11.5 Å². The number of hydrogen-bond donors (Lipinski definition) is 2. The Bertz CT molecular complexity index is 458. The molecule has 3 rings (SSSR count). The molecule has 4 heteroatoms. The van der Waals surface area contributed by atoms with Gasteiger partial charge in [0.2, 0.25) is 0 Å². The van der Waals surface area contributed by atoms with Gasteiger partial charge < -0.3 is 15.2 Å². The first-order valence-corrected chi connectivity index (χ1v) is 7.61. The molecule has 0 bridgehead atoms. The molecule has 2 saturated heterocycles. The van der Waals surface area contributed by atoms with E-state index in [2.05, 4.69) is 16.3 Å². The summed E-state index contributed by atoms with van der Waals surface area (Å²) in [4.78, 5) is 2.56. The summed E-state index contributed by atoms with van der Waals surface area (Å²) in [6.07, 6.45) is 5.18. The number of aromatic hydroxyl groups is 1. The lowest BCUT2D eigenvalue weighted by atomic mass is 10.0. The Morgan fingerprint density at radius 3 is 2.95 bits per heavy atom. The monoisotopic (exact) mass is 276 g/mol. The summed E-state index contributed by atoms with van der Waals surface area (Å²) >= 11 is 0. The fourth-order valence-corrected chi connectivity index (χ4v) is 3.61. The molecule has 0 amide bonds. The first-order valence-electron chi connectivity index (χ1n) is 7.61. The van der Waals surface area contributed by atoms with E-state index in [-0.39, 0.29) is 5.75 Å². The van der Waals surface area contributed by atoms with Crippen molar-refractivity contribution in [1.82, 2.24) is 10.2 Å². The number of nitrogens with zero attached hydrogens (tertiary/aromatic N) is 1. The number of phenolic OH excluding ortho intramolecular Hbond substituents is 1. The summed E-state index contributed by atoms with van der Waals surface area (Å²) in [5.41, 5.74) is 1.16. The number of hydrogen-bond acceptors (Lipinski definition) is 4. The van der Waals surface area contributed by atoms with Gasteiger partial charge in [-0.2, -0.15) is 0 Å². The third-order valence-corrected chi connectivity index (χ3v) is 4.61. The predicted molar refractivity (Wildman–Crippen MR) is 79.1 cm³/mol. The van der Waals surface area contributed by atoms with Gasteiger partial charge in [-0.3, -0.25) is 4.90 Å². The van der Waals surface area contributed by atoms with Gasteiger partial charge in [0.1, 0.15) is 0 Å². The van der Waals surface area contributed by atoms with Crippen LogP contribution in [0.25, 0.3) is 0 Å². The molecule has 110 valence electrons. The first kappa shape index (κ1) is 13.7. The Balaban J connectivity index is 1.68. The minimum absolute atomic E-state index is 0.236. The molecule has 2 N–H and O–H groups in total. The van der Waals surface area contributed by atoms with Crippen LogP contribution in [0.5, 0.6) is 11.5 Å². The number of benzene rings is 1. The molecule has 2 heterocycles. The third kappa shape index (κ3) is 2.76. The highest BCUT2D eigenvalue weighted by atomic mass is 16.5. The van der Waals surface area contributed by atoms with Crippen molar-refractivity contribution < 1.29 is 9.84 Å². The molecule has 2 fully saturated rings. The van der Waals surface area contributed by atoms with E-state index in [1.54, 1.807) is 7.11 Å². The molecule has 2 unspecified atom stereocenters. The Labute approximate surface area is 120 Å². The number of likely N-dealkylation sites (tertiary alicyclic amines) is 1. The van der Waals surface area contributed by atoms with Gasteiger partial charge >= 0.3 is 0 Å². The van der Waals surface area contributed by atoms with Gasteiger partial charge in [-0.15, -0.1) is 0 Å². The lowest BCUT2D eigenvalue weighted by Crippen LogP contribution is -2.43. The lowest BCUT2D eigenvalue weighted by Gasteiger charge is -2.29. The topological polar surface area (TPSA) is 44.7 Å². The van der Waals surface area contributed by atoms with Gasteiger partial charge in [0, 0.05) is 18.6 Å². The van der Waals surface area contributed by atoms with Gasteiger partial charge in [0.05, 0.1) is 7.11 Å². The van der Waals surface area contributed by atoms with Crippen molar-refractivity contribution in [3.63, 3.8) is 0 Å². The second-order valence-corrected chi connectivity index (χ2v) is 5.89. The molecule has 0 aromatic heterocycles. The van der Waals surface area contributed by atoms with Gasteiger partial charge in [-0.25, -0.2) is 0 Å². The fourth-order valence-electron chi connectivity index (χ4n) is 3.61. The van der Waals surface area contributed by atoms with Crippen molar-refractivity contribution in [2.75, 3.05) is 20.2 Å². The molecular weight excluding hydrogens is 252 g/mol. The van der Waals surface area contributed by atoms with Gasteiger partial charge in [0.25, 0.3) is 0 Å². The highest BCUT2D eigenvalue weighted by molar-refractivity contribution is 5.41. The average molecular weight is 276 g/mol. The van der Waals surface area contributed by atoms with Crippen LogP contribution in [0.15, 0.2) is 18.2 Å². The van der Waals surface area contributed by atoms with Crippen LogP contribution in [0.2, 0.25) is 0 Å². The molecule has 0 saturated carbocycles. The van der Waals surface area contributed by atoms with Crippen molar-refractivity contribution in [1.29, 1.82) is 0 Å². The number of ether oxygens (including phenoxy) is 1. The van der Waals surface area contributed by atoms with Crippen molar-refractivity contribution in [2.45, 2.75) is 44.3 Å². The zero-order valence-corrected chi connectivity index (χ0v) is 12.1. The highest BCUT2D eigenvalue weighted by Gasteiger charge is 2.32. The van der Waals surface area contributed by atoms with E-state index in [9.17, 15) is 5.11 Å². The van der Waals surface area contributed by atoms with Crippen molar-refractivity contribution in [2.24, 2.45) is 0 Å². The Kier molecular flexibility index (Phi) is 4.13. The minimum atomic E-state index is 0.236. The van der Waals surface area contributed by atoms with E-state index >= 15 is 0 Å². The molecule has 2 atom stereocenters. The Morgan fingerprint density at radius 1 is 1.35 bits per heavy atom. The molecule has 2 aliphatic heterocycles. The number of nitrogens with one attached hydrogen (secondary N) is 1. The molecule has 1 aromatic rings. The molecule has 1 aromatic carbocycles. The van der Waals surface area contributed by atoms with Crippen LogP contribution in [-0.4, -0.2) is 42.3 Å². The minimum Gasteiger partial charge on any atom is -0.504 e. The number of phenols is 1. The van der Waals surface area contributed by atoms with Crippen LogP contribution in [0, 0.1) is 0 Å². The van der Waals surface area contributed by atoms with Gasteiger partial charge in [-0.05, 0) is 56.5 Å². The first-order chi connectivity index (χ1) is 9.78. The maximum atomic E-state index is 9.89. The summed E-state index contributed by atoms with van der Waals surface area (Å²) in [6, 6.07) is 7.04. The lowest BCUT2D eigenvalue weighted by molar-refractivity contribution is 0.206. The molecule has 4 nitrogen and oxygen atoms in total. The molecule has 0 spiro atoms. The smallest absolute Gasteiger partial charge is 0.160 e. The third-order valence-electron chi connectivity index (χ3n) is 4.61. The van der Waals surface area contributed by atoms with Crippen molar-refractivity contribution in [3.05, 3.63) is 23.8 Å². The summed E-state index contributed by atoms with van der Waals surface area (Å²) in [5, 5.41) is 13.5. The van der Waals surface area contributed by atoms with Crippen LogP contribution in [-0.2, 0) is 6.54 Å². The maximum Gasteiger partial charge on any atom is 0.160 e. The summed E-state index contributed by atoms with van der Waals surface area (Å²) in [7, 11) is 1.58. The summed E-state index contributed by atoms with van der Waals surface area (Å²) in [5.74, 6) is 0.781. The molecular formula is C16H24N2O2. The number of methoxy groups -OCH3 is 1. The summed E-state index contributed by atoms with van der Waals surface area (Å²) < 4.78 is 5.10. The predicted octanol–water partition coefficient (Wildman–Crippen LogP) is 2.12. The van der Waals surface area contributed by atoms with E-state index in [0.29, 0.717) is 17.8 Å². The van der Waals surface area contributed by atoms with E-state index < -0.39 is 0 Å². The van der Waals surface area contributed by atoms with E-state index in [4.69, 9.17) is 4.74 Å². The highest BCUT2D eigenvalue weighted by Crippen LogP contribution is 2.30. The Morgan fingerprint density at radius 2 is 2.25 bits per heavy atom. The van der Waals surface area contributed by atoms with Crippen molar-refractivity contribution >= 4 is 0 Å².